The summed E-state index contributed by atoms with van der Waals surface area (Å²) in [7, 11) is 1.35. The van der Waals surface area contributed by atoms with Gasteiger partial charge in [-0.05, 0) is 22.3 Å². The molecule has 2 aliphatic rings. The number of nitrogens with one attached hydrogen (secondary N) is 1. The van der Waals surface area contributed by atoms with Gasteiger partial charge in [-0.25, -0.2) is 14.3 Å². The van der Waals surface area contributed by atoms with Gasteiger partial charge >= 0.3 is 12.1 Å². The number of ether oxygens (including phenoxy) is 2. The van der Waals surface area contributed by atoms with Crippen LogP contribution in [-0.4, -0.2) is 65.8 Å². The lowest BCUT2D eigenvalue weighted by molar-refractivity contribution is -0.127. The summed E-state index contributed by atoms with van der Waals surface area (Å²) in [5, 5.41) is 16.0. The van der Waals surface area contributed by atoms with Crippen LogP contribution in [0.25, 0.3) is 11.1 Å². The zero-order valence-corrected chi connectivity index (χ0v) is 19.0. The third-order valence-electron chi connectivity index (χ3n) is 6.43. The van der Waals surface area contributed by atoms with Gasteiger partial charge in [-0.1, -0.05) is 48.5 Å². The topological polar surface area (TPSA) is 123 Å². The van der Waals surface area contributed by atoms with Gasteiger partial charge in [-0.15, -0.1) is 0 Å². The molecule has 0 radical (unpaired) electrons. The first-order chi connectivity index (χ1) is 17.0. The number of amides is 2. The molecule has 10 nitrogen and oxygen atoms in total. The summed E-state index contributed by atoms with van der Waals surface area (Å²) in [6, 6.07) is 16.1. The van der Waals surface area contributed by atoms with Gasteiger partial charge < -0.3 is 19.9 Å². The molecule has 0 bridgehead atoms. The van der Waals surface area contributed by atoms with Crippen LogP contribution in [0.4, 0.5) is 10.6 Å². The molecule has 35 heavy (non-hydrogen) atoms. The first kappa shape index (κ1) is 22.6. The zero-order valence-electron chi connectivity index (χ0n) is 19.0. The van der Waals surface area contributed by atoms with Crippen LogP contribution in [0.5, 0.6) is 0 Å². The van der Waals surface area contributed by atoms with E-state index < -0.39 is 24.1 Å². The Hall–Kier alpha value is -4.18. The van der Waals surface area contributed by atoms with Crippen molar-refractivity contribution in [2.24, 2.45) is 0 Å². The fourth-order valence-electron chi connectivity index (χ4n) is 4.76. The van der Waals surface area contributed by atoms with E-state index in [0.717, 1.165) is 22.3 Å². The standard InChI is InChI=1S/C25H24N4O6/c1-34-21(23(30)28-10-11-29-22(28)19(12-27-29)24(31)32)13-26-25(33)35-14-20-17-8-4-2-6-15(17)16-7-3-5-9-18(16)20/h2-9,12,20-21H,10-11,13-14H2,1H3,(H,26,33)(H,31,32). The molecule has 0 saturated heterocycles. The van der Waals surface area contributed by atoms with Gasteiger partial charge in [0.05, 0.1) is 19.3 Å². The van der Waals surface area contributed by atoms with E-state index in [1.165, 1.54) is 22.9 Å². The minimum Gasteiger partial charge on any atom is -0.477 e. The van der Waals surface area contributed by atoms with E-state index >= 15 is 0 Å². The summed E-state index contributed by atoms with van der Waals surface area (Å²) >= 11 is 0. The molecule has 2 heterocycles. The number of hydrogen-bond donors (Lipinski definition) is 2. The van der Waals surface area contributed by atoms with Crippen LogP contribution in [0.15, 0.2) is 54.7 Å². The van der Waals surface area contributed by atoms with E-state index in [4.69, 9.17) is 9.47 Å². The Balaban J connectivity index is 1.21. The molecule has 1 aromatic heterocycles. The fourth-order valence-corrected chi connectivity index (χ4v) is 4.76. The van der Waals surface area contributed by atoms with Gasteiger partial charge in [-0.3, -0.25) is 9.69 Å². The number of alkyl carbamates (subject to hydrolysis) is 1. The van der Waals surface area contributed by atoms with E-state index in [1.54, 1.807) is 0 Å². The molecule has 5 rings (SSSR count). The van der Waals surface area contributed by atoms with E-state index in [9.17, 15) is 19.5 Å². The first-order valence-electron chi connectivity index (χ1n) is 11.2. The second kappa shape index (κ2) is 9.22. The van der Waals surface area contributed by atoms with Crippen LogP contribution >= 0.6 is 0 Å². The van der Waals surface area contributed by atoms with E-state index in [0.29, 0.717) is 6.54 Å². The molecule has 10 heteroatoms. The summed E-state index contributed by atoms with van der Waals surface area (Å²) in [6.45, 7) is 0.676. The largest absolute Gasteiger partial charge is 0.477 e. The van der Waals surface area contributed by atoms with Gasteiger partial charge in [-0.2, -0.15) is 5.10 Å². The molecule has 2 aromatic carbocycles. The molecular weight excluding hydrogens is 452 g/mol. The molecule has 0 fully saturated rings. The number of aromatic carboxylic acids is 1. The molecule has 1 aliphatic carbocycles. The molecule has 3 aromatic rings. The van der Waals surface area contributed by atoms with Crippen molar-refractivity contribution in [2.45, 2.75) is 18.6 Å². The predicted octanol–water partition coefficient (Wildman–Crippen LogP) is 2.48. The number of aromatic nitrogens is 2. The van der Waals surface area contributed by atoms with Crippen molar-refractivity contribution in [1.82, 2.24) is 15.1 Å². The number of methoxy groups -OCH3 is 1. The van der Waals surface area contributed by atoms with Crippen molar-refractivity contribution in [1.29, 1.82) is 0 Å². The Kier molecular flexibility index (Phi) is 5.96. The first-order valence-corrected chi connectivity index (χ1v) is 11.2. The highest BCUT2D eigenvalue weighted by Gasteiger charge is 2.35. The number of carboxylic acid groups (broad SMARTS) is 1. The summed E-state index contributed by atoms with van der Waals surface area (Å²) < 4.78 is 12.3. The van der Waals surface area contributed by atoms with Crippen LogP contribution in [-0.2, 0) is 20.8 Å². The zero-order chi connectivity index (χ0) is 24.5. The highest BCUT2D eigenvalue weighted by atomic mass is 16.5. The van der Waals surface area contributed by atoms with Crippen LogP contribution < -0.4 is 10.2 Å². The lowest BCUT2D eigenvalue weighted by atomic mass is 9.98. The summed E-state index contributed by atoms with van der Waals surface area (Å²) in [6.07, 6.45) is -0.466. The van der Waals surface area contributed by atoms with Crippen molar-refractivity contribution < 1.29 is 29.0 Å². The number of rotatable bonds is 7. The summed E-state index contributed by atoms with van der Waals surface area (Å²) in [5.41, 5.74) is 4.41. The Labute approximate surface area is 201 Å². The minimum absolute atomic E-state index is 0.0600. The molecular formula is C25H24N4O6. The molecule has 1 atom stereocenters. The average Bonchev–Trinajstić information content (AvgIpc) is 3.55. The van der Waals surface area contributed by atoms with Crippen molar-refractivity contribution in [3.63, 3.8) is 0 Å². The minimum atomic E-state index is -1.17. The van der Waals surface area contributed by atoms with Gasteiger partial charge in [0.25, 0.3) is 5.91 Å². The summed E-state index contributed by atoms with van der Waals surface area (Å²) in [4.78, 5) is 38.3. The molecule has 2 N–H and O–H groups in total. The Morgan fingerprint density at radius 1 is 1.09 bits per heavy atom. The quantitative estimate of drug-likeness (QED) is 0.537. The Morgan fingerprint density at radius 2 is 1.74 bits per heavy atom. The Morgan fingerprint density at radius 3 is 2.37 bits per heavy atom. The number of carbonyl (C=O) groups is 3. The van der Waals surface area contributed by atoms with Crippen LogP contribution in [0.1, 0.15) is 27.4 Å². The number of nitrogens with zero attached hydrogens (tertiary/aromatic N) is 3. The number of carboxylic acids is 1. The molecule has 0 saturated carbocycles. The Bertz CT molecular complexity index is 1260. The van der Waals surface area contributed by atoms with Crippen LogP contribution in [0, 0.1) is 0 Å². The number of anilines is 1. The monoisotopic (exact) mass is 476 g/mol. The number of fused-ring (bicyclic) bond motifs is 4. The number of benzene rings is 2. The highest BCUT2D eigenvalue weighted by molar-refractivity contribution is 6.03. The molecule has 1 unspecified atom stereocenters. The van der Waals surface area contributed by atoms with Gasteiger partial charge in [0.15, 0.2) is 6.10 Å². The molecule has 1 aliphatic heterocycles. The smallest absolute Gasteiger partial charge is 0.407 e. The normalized spacial score (nSPS) is 14.7. The third-order valence-corrected chi connectivity index (χ3v) is 6.43. The lowest BCUT2D eigenvalue weighted by Gasteiger charge is -2.22. The maximum Gasteiger partial charge on any atom is 0.407 e. The number of hydrogen-bond acceptors (Lipinski definition) is 6. The van der Waals surface area contributed by atoms with Crippen LogP contribution in [0.3, 0.4) is 0 Å². The predicted molar refractivity (Wildman–Crippen MR) is 125 cm³/mol. The van der Waals surface area contributed by atoms with Gasteiger partial charge in [0, 0.05) is 19.6 Å². The highest BCUT2D eigenvalue weighted by Crippen LogP contribution is 2.44. The van der Waals surface area contributed by atoms with E-state index in [-0.39, 0.29) is 37.0 Å². The number of carbonyl (C=O) groups excluding carboxylic acids is 2. The third kappa shape index (κ3) is 4.01. The molecule has 0 spiro atoms. The fraction of sp³-hybridized carbons (Fsp3) is 0.280. The molecule has 180 valence electrons. The van der Waals surface area contributed by atoms with Gasteiger partial charge in [0.2, 0.25) is 0 Å². The second-order valence-corrected chi connectivity index (χ2v) is 8.33. The maximum atomic E-state index is 13.0. The van der Waals surface area contributed by atoms with Gasteiger partial charge in [0.1, 0.15) is 18.0 Å². The van der Waals surface area contributed by atoms with Crippen molar-refractivity contribution in [3.8, 4) is 11.1 Å². The second-order valence-electron chi connectivity index (χ2n) is 8.33. The van der Waals surface area contributed by atoms with Crippen molar-refractivity contribution >= 4 is 23.8 Å². The summed E-state index contributed by atoms with van der Waals surface area (Å²) in [5.74, 6) is -1.50. The molecule has 2 amide bonds. The SMILES string of the molecule is COC(CNC(=O)OCC1c2ccccc2-c2ccccc21)C(=O)N1CCn2ncc(C(=O)O)c21. The van der Waals surface area contributed by atoms with Crippen molar-refractivity contribution in [3.05, 3.63) is 71.4 Å². The van der Waals surface area contributed by atoms with E-state index in [1.807, 2.05) is 36.4 Å². The van der Waals surface area contributed by atoms with Crippen LogP contribution in [0.2, 0.25) is 0 Å². The van der Waals surface area contributed by atoms with Crippen molar-refractivity contribution in [2.75, 3.05) is 31.7 Å². The average molecular weight is 476 g/mol. The maximum absolute atomic E-state index is 13.0. The van der Waals surface area contributed by atoms with E-state index in [2.05, 4.69) is 22.5 Å². The lowest BCUT2D eigenvalue weighted by Crippen LogP contribution is -2.46.